The SMILES string of the molecule is CCNc1ccncc1C(=O)NC(C)(C)C1CC1. The fraction of sp³-hybridized carbons (Fsp3) is 0.571. The topological polar surface area (TPSA) is 54.0 Å². The van der Waals surface area contributed by atoms with Gasteiger partial charge in [0.15, 0.2) is 0 Å². The average molecular weight is 247 g/mol. The van der Waals surface area contributed by atoms with Crippen molar-refractivity contribution < 1.29 is 4.79 Å². The smallest absolute Gasteiger partial charge is 0.255 e. The van der Waals surface area contributed by atoms with Crippen LogP contribution in [0.3, 0.4) is 0 Å². The van der Waals surface area contributed by atoms with Gasteiger partial charge in [0, 0.05) is 24.5 Å². The van der Waals surface area contributed by atoms with Crippen LogP contribution in [0.4, 0.5) is 5.69 Å². The summed E-state index contributed by atoms with van der Waals surface area (Å²) in [5.41, 5.74) is 1.33. The van der Waals surface area contributed by atoms with E-state index in [0.717, 1.165) is 12.2 Å². The minimum absolute atomic E-state index is 0.0454. The second-order valence-corrected chi connectivity index (χ2v) is 5.40. The molecule has 0 radical (unpaired) electrons. The third kappa shape index (κ3) is 2.81. The zero-order valence-electron chi connectivity index (χ0n) is 11.3. The van der Waals surface area contributed by atoms with E-state index in [4.69, 9.17) is 0 Å². The number of nitrogens with one attached hydrogen (secondary N) is 2. The van der Waals surface area contributed by atoms with Crippen LogP contribution in [0.5, 0.6) is 0 Å². The maximum absolute atomic E-state index is 12.3. The van der Waals surface area contributed by atoms with Crippen molar-refractivity contribution in [2.75, 3.05) is 11.9 Å². The maximum atomic E-state index is 12.3. The molecule has 1 heterocycles. The molecule has 0 atom stereocenters. The van der Waals surface area contributed by atoms with E-state index in [2.05, 4.69) is 29.5 Å². The third-order valence-corrected chi connectivity index (χ3v) is 3.47. The van der Waals surface area contributed by atoms with Crippen molar-refractivity contribution in [2.45, 2.75) is 39.2 Å². The lowest BCUT2D eigenvalue weighted by atomic mass is 9.98. The Hall–Kier alpha value is -1.58. The second-order valence-electron chi connectivity index (χ2n) is 5.40. The molecule has 1 aliphatic rings. The minimum atomic E-state index is -0.129. The van der Waals surface area contributed by atoms with Crippen molar-refractivity contribution in [3.05, 3.63) is 24.0 Å². The first-order chi connectivity index (χ1) is 8.54. The van der Waals surface area contributed by atoms with Crippen LogP contribution in [-0.4, -0.2) is 23.0 Å². The Bertz CT molecular complexity index is 438. The van der Waals surface area contributed by atoms with Crippen LogP contribution in [0.2, 0.25) is 0 Å². The van der Waals surface area contributed by atoms with Gasteiger partial charge in [0.2, 0.25) is 0 Å². The molecule has 1 amide bonds. The highest BCUT2D eigenvalue weighted by Gasteiger charge is 2.39. The van der Waals surface area contributed by atoms with E-state index in [1.807, 2.05) is 13.0 Å². The van der Waals surface area contributed by atoms with Crippen LogP contribution in [0, 0.1) is 5.92 Å². The van der Waals surface area contributed by atoms with Crippen molar-refractivity contribution in [2.24, 2.45) is 5.92 Å². The molecule has 0 spiro atoms. The average Bonchev–Trinajstić information content (AvgIpc) is 3.13. The number of nitrogens with zero attached hydrogens (tertiary/aromatic N) is 1. The van der Waals surface area contributed by atoms with E-state index in [-0.39, 0.29) is 11.4 Å². The van der Waals surface area contributed by atoms with Gasteiger partial charge in [-0.15, -0.1) is 0 Å². The second kappa shape index (κ2) is 4.96. The van der Waals surface area contributed by atoms with Gasteiger partial charge < -0.3 is 10.6 Å². The summed E-state index contributed by atoms with van der Waals surface area (Å²) in [4.78, 5) is 16.3. The number of hydrogen-bond acceptors (Lipinski definition) is 3. The highest BCUT2D eigenvalue weighted by atomic mass is 16.1. The summed E-state index contributed by atoms with van der Waals surface area (Å²) in [5, 5.41) is 6.30. The zero-order chi connectivity index (χ0) is 13.2. The Balaban J connectivity index is 2.13. The molecule has 0 unspecified atom stereocenters. The van der Waals surface area contributed by atoms with E-state index in [1.165, 1.54) is 12.8 Å². The molecule has 1 aliphatic carbocycles. The van der Waals surface area contributed by atoms with E-state index in [0.29, 0.717) is 11.5 Å². The summed E-state index contributed by atoms with van der Waals surface area (Å²) in [5.74, 6) is 0.566. The normalized spacial score (nSPS) is 15.3. The number of rotatable bonds is 5. The first kappa shape index (κ1) is 12.9. The molecular formula is C14H21N3O. The Kier molecular flexibility index (Phi) is 3.55. The first-order valence-corrected chi connectivity index (χ1v) is 6.55. The molecule has 1 aromatic heterocycles. The summed E-state index contributed by atoms with van der Waals surface area (Å²) in [6.45, 7) is 6.98. The van der Waals surface area contributed by atoms with Crippen molar-refractivity contribution in [3.8, 4) is 0 Å². The highest BCUT2D eigenvalue weighted by molar-refractivity contribution is 5.99. The van der Waals surface area contributed by atoms with E-state index < -0.39 is 0 Å². The molecule has 4 nitrogen and oxygen atoms in total. The van der Waals surface area contributed by atoms with Crippen LogP contribution in [0.15, 0.2) is 18.5 Å². The standard InChI is InChI=1S/C14H21N3O/c1-4-16-12-7-8-15-9-11(12)13(18)17-14(2,3)10-5-6-10/h7-10H,4-6H2,1-3H3,(H,15,16)(H,17,18). The molecule has 2 rings (SSSR count). The molecule has 2 N–H and O–H groups in total. The van der Waals surface area contributed by atoms with Crippen molar-refractivity contribution in [3.63, 3.8) is 0 Å². The van der Waals surface area contributed by atoms with Crippen LogP contribution in [-0.2, 0) is 0 Å². The molecular weight excluding hydrogens is 226 g/mol. The Labute approximate surface area is 108 Å². The fourth-order valence-corrected chi connectivity index (χ4v) is 2.19. The summed E-state index contributed by atoms with van der Waals surface area (Å²) >= 11 is 0. The van der Waals surface area contributed by atoms with Gasteiger partial charge in [-0.3, -0.25) is 9.78 Å². The first-order valence-electron chi connectivity index (χ1n) is 6.55. The van der Waals surface area contributed by atoms with Gasteiger partial charge in [-0.2, -0.15) is 0 Å². The Morgan fingerprint density at radius 2 is 2.22 bits per heavy atom. The largest absolute Gasteiger partial charge is 0.385 e. The van der Waals surface area contributed by atoms with Crippen LogP contribution in [0.25, 0.3) is 0 Å². The molecule has 0 bridgehead atoms. The lowest BCUT2D eigenvalue weighted by Gasteiger charge is -2.26. The summed E-state index contributed by atoms with van der Waals surface area (Å²) in [7, 11) is 0. The minimum Gasteiger partial charge on any atom is -0.385 e. The third-order valence-electron chi connectivity index (χ3n) is 3.47. The van der Waals surface area contributed by atoms with Crippen molar-refractivity contribution in [1.29, 1.82) is 0 Å². The molecule has 1 aromatic rings. The van der Waals surface area contributed by atoms with Gasteiger partial charge in [-0.25, -0.2) is 0 Å². The van der Waals surface area contributed by atoms with Crippen LogP contribution < -0.4 is 10.6 Å². The molecule has 4 heteroatoms. The molecule has 1 saturated carbocycles. The monoisotopic (exact) mass is 247 g/mol. The van der Waals surface area contributed by atoms with E-state index in [1.54, 1.807) is 12.4 Å². The molecule has 1 fully saturated rings. The number of pyridine rings is 1. The van der Waals surface area contributed by atoms with Gasteiger partial charge in [0.05, 0.1) is 11.3 Å². The van der Waals surface area contributed by atoms with Crippen molar-refractivity contribution in [1.82, 2.24) is 10.3 Å². The van der Waals surface area contributed by atoms with Gasteiger partial charge in [0.25, 0.3) is 5.91 Å². The maximum Gasteiger partial charge on any atom is 0.255 e. The Morgan fingerprint density at radius 1 is 1.50 bits per heavy atom. The number of hydrogen-bond donors (Lipinski definition) is 2. The number of anilines is 1. The quantitative estimate of drug-likeness (QED) is 0.840. The molecule has 0 saturated heterocycles. The predicted octanol–water partition coefficient (Wildman–Crippen LogP) is 2.43. The predicted molar refractivity (Wildman–Crippen MR) is 72.7 cm³/mol. The van der Waals surface area contributed by atoms with E-state index >= 15 is 0 Å². The molecule has 18 heavy (non-hydrogen) atoms. The summed E-state index contributed by atoms with van der Waals surface area (Å²) < 4.78 is 0. The van der Waals surface area contributed by atoms with Crippen molar-refractivity contribution >= 4 is 11.6 Å². The summed E-state index contributed by atoms with van der Waals surface area (Å²) in [6.07, 6.45) is 5.73. The summed E-state index contributed by atoms with van der Waals surface area (Å²) in [6, 6.07) is 1.84. The van der Waals surface area contributed by atoms with Gasteiger partial charge >= 0.3 is 0 Å². The number of carbonyl (C=O) groups excluding carboxylic acids is 1. The number of aromatic nitrogens is 1. The number of amides is 1. The Morgan fingerprint density at radius 3 is 2.83 bits per heavy atom. The fourth-order valence-electron chi connectivity index (χ4n) is 2.19. The van der Waals surface area contributed by atoms with Gasteiger partial charge in [-0.05, 0) is 45.6 Å². The lowest BCUT2D eigenvalue weighted by Crippen LogP contribution is -2.45. The van der Waals surface area contributed by atoms with Gasteiger partial charge in [0.1, 0.15) is 0 Å². The van der Waals surface area contributed by atoms with E-state index in [9.17, 15) is 4.79 Å². The molecule has 0 aliphatic heterocycles. The van der Waals surface area contributed by atoms with Gasteiger partial charge in [-0.1, -0.05) is 0 Å². The zero-order valence-corrected chi connectivity index (χ0v) is 11.3. The van der Waals surface area contributed by atoms with Crippen LogP contribution in [0.1, 0.15) is 44.0 Å². The lowest BCUT2D eigenvalue weighted by molar-refractivity contribution is 0.0904. The molecule has 98 valence electrons. The number of carbonyl (C=O) groups is 1. The highest BCUT2D eigenvalue weighted by Crippen LogP contribution is 2.39. The molecule has 0 aromatic carbocycles. The van der Waals surface area contributed by atoms with Crippen LogP contribution >= 0.6 is 0 Å².